The maximum absolute atomic E-state index is 12.2. The molecule has 0 spiro atoms. The van der Waals surface area contributed by atoms with Crippen LogP contribution in [0.1, 0.15) is 47.5 Å². The molecule has 0 aromatic heterocycles. The van der Waals surface area contributed by atoms with E-state index in [9.17, 15) is 9.59 Å². The Bertz CT molecular complexity index is 336. The second-order valence-electron chi connectivity index (χ2n) is 6.24. The summed E-state index contributed by atoms with van der Waals surface area (Å²) in [5.41, 5.74) is -0.270. The molecule has 0 aliphatic carbocycles. The fourth-order valence-electron chi connectivity index (χ4n) is 2.21. The lowest BCUT2D eigenvalue weighted by molar-refractivity contribution is -0.138. The minimum Gasteiger partial charge on any atom is -0.350 e. The monoisotopic (exact) mass is 269 g/mol. The summed E-state index contributed by atoms with van der Waals surface area (Å²) in [7, 11) is 0. The van der Waals surface area contributed by atoms with Gasteiger partial charge in [-0.05, 0) is 47.1 Å². The lowest BCUT2D eigenvalue weighted by Gasteiger charge is -2.28. The van der Waals surface area contributed by atoms with Crippen molar-refractivity contribution in [1.29, 1.82) is 0 Å². The van der Waals surface area contributed by atoms with Crippen LogP contribution in [0, 0.1) is 0 Å². The molecule has 1 aliphatic rings. The molecule has 0 radical (unpaired) electrons. The van der Waals surface area contributed by atoms with Crippen molar-refractivity contribution < 1.29 is 9.59 Å². The molecule has 1 fully saturated rings. The average molecular weight is 269 g/mol. The van der Waals surface area contributed by atoms with Crippen molar-refractivity contribution >= 4 is 11.8 Å². The molecule has 1 aliphatic heterocycles. The van der Waals surface area contributed by atoms with Gasteiger partial charge in [0.15, 0.2) is 0 Å². The number of likely N-dealkylation sites (tertiary alicyclic amines) is 1. The number of carbonyl (C=O) groups is 2. The van der Waals surface area contributed by atoms with Crippen molar-refractivity contribution in [2.24, 2.45) is 0 Å². The fraction of sp³-hybridized carbons (Fsp3) is 0.857. The maximum Gasteiger partial charge on any atom is 0.242 e. The Morgan fingerprint density at radius 2 is 2.11 bits per heavy atom. The Labute approximate surface area is 116 Å². The zero-order chi connectivity index (χ0) is 14.6. The first-order valence-electron chi connectivity index (χ1n) is 7.12. The smallest absolute Gasteiger partial charge is 0.242 e. The molecule has 0 saturated carbocycles. The molecule has 19 heavy (non-hydrogen) atoms. The minimum atomic E-state index is -0.403. The first-order chi connectivity index (χ1) is 8.76. The SMILES string of the molecule is CCCNC1CCN(C(C)C(=O)NC(C)(C)C)C1=O. The van der Waals surface area contributed by atoms with Crippen LogP contribution in [-0.4, -0.2) is 47.4 Å². The first kappa shape index (κ1) is 16.0. The number of carbonyl (C=O) groups excluding carboxylic acids is 2. The van der Waals surface area contributed by atoms with E-state index in [2.05, 4.69) is 17.6 Å². The third-order valence-corrected chi connectivity index (χ3v) is 3.23. The third-order valence-electron chi connectivity index (χ3n) is 3.23. The van der Waals surface area contributed by atoms with Gasteiger partial charge in [0.05, 0.1) is 6.04 Å². The first-order valence-corrected chi connectivity index (χ1v) is 7.12. The number of amides is 2. The lowest BCUT2D eigenvalue weighted by Crippen LogP contribution is -2.52. The van der Waals surface area contributed by atoms with Gasteiger partial charge in [-0.15, -0.1) is 0 Å². The Kier molecular flexibility index (Phi) is 5.35. The lowest BCUT2D eigenvalue weighted by atomic mass is 10.1. The molecule has 5 nitrogen and oxygen atoms in total. The predicted molar refractivity (Wildman–Crippen MR) is 75.8 cm³/mol. The highest BCUT2D eigenvalue weighted by atomic mass is 16.2. The van der Waals surface area contributed by atoms with E-state index in [1.807, 2.05) is 20.8 Å². The normalized spacial score (nSPS) is 21.6. The Morgan fingerprint density at radius 1 is 1.47 bits per heavy atom. The van der Waals surface area contributed by atoms with Crippen LogP contribution in [0.4, 0.5) is 0 Å². The summed E-state index contributed by atoms with van der Waals surface area (Å²) in [6.45, 7) is 11.2. The van der Waals surface area contributed by atoms with Crippen LogP contribution < -0.4 is 10.6 Å². The van der Waals surface area contributed by atoms with Crippen LogP contribution in [0.15, 0.2) is 0 Å². The highest BCUT2D eigenvalue weighted by Gasteiger charge is 2.36. The van der Waals surface area contributed by atoms with Crippen LogP contribution in [0.2, 0.25) is 0 Å². The minimum absolute atomic E-state index is 0.0463. The number of hydrogen-bond acceptors (Lipinski definition) is 3. The van der Waals surface area contributed by atoms with Gasteiger partial charge in [-0.25, -0.2) is 0 Å². The molecule has 1 heterocycles. The van der Waals surface area contributed by atoms with E-state index in [1.54, 1.807) is 11.8 Å². The van der Waals surface area contributed by atoms with Crippen molar-refractivity contribution in [1.82, 2.24) is 15.5 Å². The largest absolute Gasteiger partial charge is 0.350 e. The van der Waals surface area contributed by atoms with E-state index in [0.29, 0.717) is 6.54 Å². The molecule has 2 atom stereocenters. The molecule has 2 N–H and O–H groups in total. The molecule has 0 aromatic rings. The summed E-state index contributed by atoms with van der Waals surface area (Å²) >= 11 is 0. The molecule has 5 heteroatoms. The number of nitrogens with zero attached hydrogens (tertiary/aromatic N) is 1. The van der Waals surface area contributed by atoms with Crippen molar-refractivity contribution in [3.63, 3.8) is 0 Å². The van der Waals surface area contributed by atoms with Crippen molar-refractivity contribution in [3.05, 3.63) is 0 Å². The molecular formula is C14H27N3O2. The van der Waals surface area contributed by atoms with Gasteiger partial charge >= 0.3 is 0 Å². The zero-order valence-electron chi connectivity index (χ0n) is 12.7. The molecule has 110 valence electrons. The van der Waals surface area contributed by atoms with Crippen molar-refractivity contribution in [2.75, 3.05) is 13.1 Å². The summed E-state index contributed by atoms with van der Waals surface area (Å²) in [5, 5.41) is 6.15. The van der Waals surface area contributed by atoms with Crippen molar-refractivity contribution in [2.45, 2.75) is 65.1 Å². The van der Waals surface area contributed by atoms with Gasteiger partial charge in [-0.1, -0.05) is 6.92 Å². The Balaban J connectivity index is 2.57. The average Bonchev–Trinajstić information content (AvgIpc) is 2.65. The number of hydrogen-bond donors (Lipinski definition) is 2. The molecule has 1 rings (SSSR count). The van der Waals surface area contributed by atoms with Crippen LogP contribution in [0.25, 0.3) is 0 Å². The van der Waals surface area contributed by atoms with Crippen LogP contribution in [0.5, 0.6) is 0 Å². The summed E-state index contributed by atoms with van der Waals surface area (Å²) in [6.07, 6.45) is 1.79. The quantitative estimate of drug-likeness (QED) is 0.779. The summed E-state index contributed by atoms with van der Waals surface area (Å²) < 4.78 is 0. The van der Waals surface area contributed by atoms with E-state index >= 15 is 0 Å². The maximum atomic E-state index is 12.2. The van der Waals surface area contributed by atoms with E-state index in [1.165, 1.54) is 0 Å². The van der Waals surface area contributed by atoms with Gasteiger partial charge < -0.3 is 15.5 Å². The molecule has 0 aromatic carbocycles. The molecule has 1 saturated heterocycles. The highest BCUT2D eigenvalue weighted by molar-refractivity contribution is 5.91. The zero-order valence-corrected chi connectivity index (χ0v) is 12.7. The standard InChI is InChI=1S/C14H27N3O2/c1-6-8-15-11-7-9-17(13(11)19)10(2)12(18)16-14(3,4)5/h10-11,15H,6-9H2,1-5H3,(H,16,18). The second-order valence-corrected chi connectivity index (χ2v) is 6.24. The van der Waals surface area contributed by atoms with Gasteiger partial charge in [0.2, 0.25) is 11.8 Å². The Morgan fingerprint density at radius 3 is 2.63 bits per heavy atom. The summed E-state index contributed by atoms with van der Waals surface area (Å²) in [6, 6.07) is -0.523. The van der Waals surface area contributed by atoms with Crippen LogP contribution >= 0.6 is 0 Å². The van der Waals surface area contributed by atoms with Crippen LogP contribution in [-0.2, 0) is 9.59 Å². The molecular weight excluding hydrogens is 242 g/mol. The van der Waals surface area contributed by atoms with E-state index in [4.69, 9.17) is 0 Å². The molecule has 2 amide bonds. The Hall–Kier alpha value is -1.10. The van der Waals surface area contributed by atoms with Gasteiger partial charge in [0.1, 0.15) is 6.04 Å². The highest BCUT2D eigenvalue weighted by Crippen LogP contribution is 2.15. The fourth-order valence-corrected chi connectivity index (χ4v) is 2.21. The van der Waals surface area contributed by atoms with E-state index in [-0.39, 0.29) is 23.4 Å². The number of nitrogens with one attached hydrogen (secondary N) is 2. The number of rotatable bonds is 5. The third kappa shape index (κ3) is 4.49. The second kappa shape index (κ2) is 6.37. The van der Waals surface area contributed by atoms with E-state index < -0.39 is 6.04 Å². The van der Waals surface area contributed by atoms with Gasteiger partial charge in [-0.3, -0.25) is 9.59 Å². The van der Waals surface area contributed by atoms with Crippen molar-refractivity contribution in [3.8, 4) is 0 Å². The topological polar surface area (TPSA) is 61.4 Å². The molecule has 0 bridgehead atoms. The molecule has 2 unspecified atom stereocenters. The van der Waals surface area contributed by atoms with E-state index in [0.717, 1.165) is 19.4 Å². The summed E-state index contributed by atoms with van der Waals surface area (Å²) in [4.78, 5) is 26.0. The predicted octanol–water partition coefficient (Wildman–Crippen LogP) is 0.890. The van der Waals surface area contributed by atoms with Gasteiger partial charge in [-0.2, -0.15) is 0 Å². The van der Waals surface area contributed by atoms with Crippen LogP contribution in [0.3, 0.4) is 0 Å². The summed E-state index contributed by atoms with van der Waals surface area (Å²) in [5.74, 6) is -0.0398. The van der Waals surface area contributed by atoms with Gasteiger partial charge in [0.25, 0.3) is 0 Å². The van der Waals surface area contributed by atoms with Gasteiger partial charge in [0, 0.05) is 12.1 Å².